The normalized spacial score (nSPS) is 10.9. The second-order valence-electron chi connectivity index (χ2n) is 6.77. The van der Waals surface area contributed by atoms with Gasteiger partial charge in [0, 0.05) is 21.5 Å². The zero-order valence-corrected chi connectivity index (χ0v) is 18.7. The van der Waals surface area contributed by atoms with Gasteiger partial charge in [0.15, 0.2) is 0 Å². The van der Waals surface area contributed by atoms with Gasteiger partial charge < -0.3 is 4.74 Å². The molecule has 0 saturated carbocycles. The van der Waals surface area contributed by atoms with Gasteiger partial charge in [-0.15, -0.1) is 16.4 Å². The molecule has 158 valence electrons. The van der Waals surface area contributed by atoms with E-state index < -0.39 is 0 Å². The molecule has 1 amide bonds. The van der Waals surface area contributed by atoms with Crippen molar-refractivity contribution in [1.29, 1.82) is 0 Å². The van der Waals surface area contributed by atoms with Crippen molar-refractivity contribution in [2.45, 2.75) is 0 Å². The molecule has 32 heavy (non-hydrogen) atoms. The van der Waals surface area contributed by atoms with E-state index in [1.165, 1.54) is 11.3 Å². The maximum Gasteiger partial charge on any atom is 0.258 e. The smallest absolute Gasteiger partial charge is 0.258 e. The molecule has 1 N–H and O–H groups in total. The van der Waals surface area contributed by atoms with Crippen molar-refractivity contribution in [3.05, 3.63) is 93.8 Å². The lowest BCUT2D eigenvalue weighted by Crippen LogP contribution is -2.13. The van der Waals surface area contributed by atoms with Crippen LogP contribution >= 0.6 is 34.5 Å². The Hall–Kier alpha value is -3.39. The summed E-state index contributed by atoms with van der Waals surface area (Å²) in [5.41, 5.74) is 1.96. The van der Waals surface area contributed by atoms with E-state index in [4.69, 9.17) is 27.9 Å². The quantitative estimate of drug-likeness (QED) is 0.300. The molecule has 3 aromatic carbocycles. The fourth-order valence-corrected chi connectivity index (χ4v) is 4.44. The summed E-state index contributed by atoms with van der Waals surface area (Å²) in [6.45, 7) is 0. The van der Waals surface area contributed by atoms with Crippen LogP contribution < -0.4 is 10.1 Å². The molecule has 0 unspecified atom stereocenters. The van der Waals surface area contributed by atoms with Crippen molar-refractivity contribution in [3.63, 3.8) is 0 Å². The molecule has 0 aliphatic rings. The van der Waals surface area contributed by atoms with E-state index in [1.54, 1.807) is 40.9 Å². The van der Waals surface area contributed by atoms with Crippen molar-refractivity contribution in [2.75, 3.05) is 5.32 Å². The number of hydrogen-bond donors (Lipinski definition) is 1. The summed E-state index contributed by atoms with van der Waals surface area (Å²) in [5, 5.41) is 10.1. The highest BCUT2D eigenvalue weighted by Gasteiger charge is 2.16. The Kier molecular flexibility index (Phi) is 5.53. The first-order chi connectivity index (χ1) is 15.6. The van der Waals surface area contributed by atoms with Gasteiger partial charge >= 0.3 is 0 Å². The summed E-state index contributed by atoms with van der Waals surface area (Å²) in [6.07, 6.45) is 0. The number of nitrogens with zero attached hydrogens (tertiary/aromatic N) is 3. The molecule has 0 fully saturated rings. The Labute approximate surface area is 197 Å². The van der Waals surface area contributed by atoms with Gasteiger partial charge in [-0.1, -0.05) is 47.5 Å². The van der Waals surface area contributed by atoms with Crippen molar-refractivity contribution >= 4 is 51.4 Å². The average molecular weight is 481 g/mol. The lowest BCUT2D eigenvalue weighted by atomic mass is 10.2. The van der Waals surface area contributed by atoms with Crippen molar-refractivity contribution in [3.8, 4) is 22.8 Å². The van der Waals surface area contributed by atoms with Gasteiger partial charge in [-0.3, -0.25) is 10.1 Å². The fourth-order valence-electron chi connectivity index (χ4n) is 3.12. The van der Waals surface area contributed by atoms with Gasteiger partial charge in [0.2, 0.25) is 4.96 Å². The molecule has 6 nitrogen and oxygen atoms in total. The number of halogens is 2. The third-order valence-corrected chi connectivity index (χ3v) is 5.95. The standard InChI is InChI=1S/C23H14Cl2N4O2S/c24-15-9-10-18(19(25)12-15)20-13-32-23-27-22(28-29(20)23)26-21(30)14-5-4-8-17(11-14)31-16-6-2-1-3-7-16/h1-13H,(H,26,28,30). The number of benzene rings is 3. The number of carbonyl (C=O) groups excluding carboxylic acids is 1. The summed E-state index contributed by atoms with van der Waals surface area (Å²) in [5.74, 6) is 1.10. The number of aromatic nitrogens is 3. The molecule has 0 aliphatic heterocycles. The van der Waals surface area contributed by atoms with Crippen LogP contribution in [0.2, 0.25) is 10.0 Å². The largest absolute Gasteiger partial charge is 0.457 e. The molecule has 0 aliphatic carbocycles. The first kappa shape index (κ1) is 20.5. The second-order valence-corrected chi connectivity index (χ2v) is 8.45. The van der Waals surface area contributed by atoms with Crippen LogP contribution in [0, 0.1) is 0 Å². The zero-order valence-electron chi connectivity index (χ0n) is 16.3. The average Bonchev–Trinajstić information content (AvgIpc) is 3.35. The minimum Gasteiger partial charge on any atom is -0.457 e. The lowest BCUT2D eigenvalue weighted by Gasteiger charge is -2.07. The number of para-hydroxylation sites is 1. The molecule has 2 aromatic heterocycles. The van der Waals surface area contributed by atoms with Gasteiger partial charge in [-0.05, 0) is 48.5 Å². The number of amides is 1. The number of rotatable bonds is 5. The maximum atomic E-state index is 12.8. The van der Waals surface area contributed by atoms with Crippen molar-refractivity contribution < 1.29 is 9.53 Å². The second kappa shape index (κ2) is 8.63. The summed E-state index contributed by atoms with van der Waals surface area (Å²) in [6, 6.07) is 21.5. The highest BCUT2D eigenvalue weighted by Crippen LogP contribution is 2.33. The molecule has 2 heterocycles. The van der Waals surface area contributed by atoms with Crippen LogP contribution in [0.25, 0.3) is 16.2 Å². The Bertz CT molecular complexity index is 1430. The van der Waals surface area contributed by atoms with Crippen LogP contribution in [0.3, 0.4) is 0 Å². The molecule has 9 heteroatoms. The molecule has 0 atom stereocenters. The Morgan fingerprint density at radius 3 is 2.59 bits per heavy atom. The number of thiazole rings is 1. The van der Waals surface area contributed by atoms with Crippen LogP contribution in [-0.4, -0.2) is 20.5 Å². The number of carbonyl (C=O) groups is 1. The van der Waals surface area contributed by atoms with E-state index in [-0.39, 0.29) is 11.9 Å². The third-order valence-electron chi connectivity index (χ3n) is 4.59. The lowest BCUT2D eigenvalue weighted by molar-refractivity contribution is 0.102. The summed E-state index contributed by atoms with van der Waals surface area (Å²) >= 11 is 13.7. The molecule has 0 spiro atoms. The van der Waals surface area contributed by atoms with Crippen LogP contribution in [-0.2, 0) is 0 Å². The molecule has 5 aromatic rings. The minimum atomic E-state index is -0.340. The highest BCUT2D eigenvalue weighted by molar-refractivity contribution is 7.15. The number of hydrogen-bond acceptors (Lipinski definition) is 5. The maximum absolute atomic E-state index is 12.8. The third kappa shape index (κ3) is 4.18. The summed E-state index contributed by atoms with van der Waals surface area (Å²) < 4.78 is 7.45. The molecule has 0 saturated heterocycles. The number of nitrogens with one attached hydrogen (secondary N) is 1. The molecule has 0 radical (unpaired) electrons. The first-order valence-corrected chi connectivity index (χ1v) is 11.1. The number of anilines is 1. The van der Waals surface area contributed by atoms with Gasteiger partial charge in [-0.2, -0.15) is 4.98 Å². The Morgan fingerprint density at radius 1 is 0.969 bits per heavy atom. The monoisotopic (exact) mass is 480 g/mol. The molecule has 0 bridgehead atoms. The van der Waals surface area contributed by atoms with E-state index >= 15 is 0 Å². The Balaban J connectivity index is 1.37. The summed E-state index contributed by atoms with van der Waals surface area (Å²) in [7, 11) is 0. The topological polar surface area (TPSA) is 68.5 Å². The minimum absolute atomic E-state index is 0.197. The molecular weight excluding hydrogens is 467 g/mol. The van der Waals surface area contributed by atoms with E-state index in [0.717, 1.165) is 11.3 Å². The van der Waals surface area contributed by atoms with Gasteiger partial charge in [0.25, 0.3) is 11.9 Å². The molecule has 5 rings (SSSR count). The highest BCUT2D eigenvalue weighted by atomic mass is 35.5. The predicted octanol–water partition coefficient (Wildman–Crippen LogP) is 6.81. The SMILES string of the molecule is O=C(Nc1nc2scc(-c3ccc(Cl)cc3Cl)n2n1)c1cccc(Oc2ccccc2)c1. The Morgan fingerprint density at radius 2 is 1.78 bits per heavy atom. The van der Waals surface area contributed by atoms with E-state index in [1.807, 2.05) is 41.8 Å². The van der Waals surface area contributed by atoms with Crippen LogP contribution in [0.1, 0.15) is 10.4 Å². The van der Waals surface area contributed by atoms with Gasteiger partial charge in [0.1, 0.15) is 11.5 Å². The van der Waals surface area contributed by atoms with E-state index in [9.17, 15) is 4.79 Å². The van der Waals surface area contributed by atoms with Crippen LogP contribution in [0.15, 0.2) is 78.2 Å². The van der Waals surface area contributed by atoms with Gasteiger partial charge in [-0.25, -0.2) is 4.52 Å². The number of ether oxygens (including phenoxy) is 1. The van der Waals surface area contributed by atoms with Crippen molar-refractivity contribution in [2.24, 2.45) is 0 Å². The first-order valence-electron chi connectivity index (χ1n) is 9.51. The van der Waals surface area contributed by atoms with Crippen LogP contribution in [0.4, 0.5) is 5.95 Å². The predicted molar refractivity (Wildman–Crippen MR) is 127 cm³/mol. The zero-order chi connectivity index (χ0) is 22.1. The van der Waals surface area contributed by atoms with E-state index in [0.29, 0.717) is 32.1 Å². The molecular formula is C23H14Cl2N4O2S. The van der Waals surface area contributed by atoms with Gasteiger partial charge in [0.05, 0.1) is 10.7 Å². The van der Waals surface area contributed by atoms with Crippen molar-refractivity contribution in [1.82, 2.24) is 14.6 Å². The van der Waals surface area contributed by atoms with E-state index in [2.05, 4.69) is 15.4 Å². The number of fused-ring (bicyclic) bond motifs is 1. The van der Waals surface area contributed by atoms with Crippen LogP contribution in [0.5, 0.6) is 11.5 Å². The fraction of sp³-hybridized carbons (Fsp3) is 0. The summed E-state index contributed by atoms with van der Waals surface area (Å²) in [4.78, 5) is 17.8.